The van der Waals surface area contributed by atoms with Crippen LogP contribution < -0.4 is 0 Å². The van der Waals surface area contributed by atoms with Crippen molar-refractivity contribution in [2.45, 2.75) is 116 Å². The van der Waals surface area contributed by atoms with Gasteiger partial charge >= 0.3 is 5.97 Å². The van der Waals surface area contributed by atoms with Crippen molar-refractivity contribution in [2.24, 2.45) is 0 Å². The van der Waals surface area contributed by atoms with Crippen LogP contribution in [0.15, 0.2) is 42.5 Å². The molecule has 0 bridgehead atoms. The summed E-state index contributed by atoms with van der Waals surface area (Å²) in [6, 6.07) is 7.96. The van der Waals surface area contributed by atoms with Gasteiger partial charge in [0.05, 0.1) is 6.10 Å². The van der Waals surface area contributed by atoms with Gasteiger partial charge in [0.15, 0.2) is 6.29 Å². The van der Waals surface area contributed by atoms with Gasteiger partial charge in [0.2, 0.25) is 0 Å². The molecule has 1 heterocycles. The van der Waals surface area contributed by atoms with E-state index in [2.05, 4.69) is 6.92 Å². The van der Waals surface area contributed by atoms with Crippen LogP contribution in [0.25, 0.3) is 6.08 Å². The van der Waals surface area contributed by atoms with E-state index in [4.69, 9.17) is 14.2 Å². The number of allylic oxidation sites excluding steroid dienone is 2. The molecule has 1 aromatic carbocycles. The summed E-state index contributed by atoms with van der Waals surface area (Å²) in [5.41, 5.74) is 1.93. The van der Waals surface area contributed by atoms with Crippen LogP contribution in [-0.4, -0.2) is 36.7 Å². The molecule has 0 aliphatic carbocycles. The Bertz CT molecular complexity index is 766. The van der Waals surface area contributed by atoms with Gasteiger partial charge in [-0.1, -0.05) is 81.5 Å². The first-order chi connectivity index (χ1) is 17.6. The Balaban J connectivity index is 1.78. The van der Waals surface area contributed by atoms with Gasteiger partial charge in [0, 0.05) is 20.1 Å². The van der Waals surface area contributed by atoms with E-state index in [-0.39, 0.29) is 18.4 Å². The molecule has 1 aromatic rings. The van der Waals surface area contributed by atoms with Crippen LogP contribution in [0.3, 0.4) is 0 Å². The van der Waals surface area contributed by atoms with E-state index >= 15 is 0 Å². The van der Waals surface area contributed by atoms with Crippen molar-refractivity contribution >= 4 is 12.0 Å². The van der Waals surface area contributed by atoms with Crippen LogP contribution in [0, 0.1) is 0 Å². The minimum Gasteiger partial charge on any atom is -0.458 e. The SMILES string of the molecule is CCCCCCCCC(/C=C/C=C/c1ccccc1C(O)CCCCOC1CCCCO1)OC(C)=O. The zero-order chi connectivity index (χ0) is 25.8. The molecule has 0 spiro atoms. The Kier molecular flexibility index (Phi) is 16.1. The highest BCUT2D eigenvalue weighted by Crippen LogP contribution is 2.24. The van der Waals surface area contributed by atoms with Gasteiger partial charge in [-0.25, -0.2) is 0 Å². The number of hydrogen-bond donors (Lipinski definition) is 1. The second-order valence-electron chi connectivity index (χ2n) is 9.76. The standard InChI is InChI=1S/C31H48O5/c1-3-4-5-6-7-8-19-28(36-26(2)32)20-11-9-17-27-18-10-12-21-29(27)30(33)22-13-15-24-34-31-23-14-16-25-35-31/h9-12,17-18,20-21,28,30-31,33H,3-8,13-16,19,22-25H2,1-2H3/b17-9+,20-11+. The number of unbranched alkanes of at least 4 members (excludes halogenated alkanes) is 6. The predicted molar refractivity (Wildman–Crippen MR) is 147 cm³/mol. The third kappa shape index (κ3) is 13.4. The Morgan fingerprint density at radius 3 is 2.61 bits per heavy atom. The predicted octanol–water partition coefficient (Wildman–Crippen LogP) is 7.69. The normalized spacial score (nSPS) is 18.0. The zero-order valence-electron chi connectivity index (χ0n) is 22.5. The van der Waals surface area contributed by atoms with Crippen molar-refractivity contribution < 1.29 is 24.1 Å². The van der Waals surface area contributed by atoms with E-state index in [1.165, 1.54) is 45.4 Å². The maximum atomic E-state index is 11.5. The van der Waals surface area contributed by atoms with Gasteiger partial charge < -0.3 is 19.3 Å². The Morgan fingerprint density at radius 1 is 1.06 bits per heavy atom. The molecule has 5 nitrogen and oxygen atoms in total. The van der Waals surface area contributed by atoms with E-state index in [0.29, 0.717) is 13.0 Å². The molecule has 1 saturated heterocycles. The molecule has 36 heavy (non-hydrogen) atoms. The lowest BCUT2D eigenvalue weighted by Gasteiger charge is -2.22. The van der Waals surface area contributed by atoms with Crippen molar-refractivity contribution in [1.82, 2.24) is 0 Å². The number of rotatable bonds is 18. The van der Waals surface area contributed by atoms with Crippen LogP contribution in [0.2, 0.25) is 0 Å². The molecule has 3 unspecified atom stereocenters. The Labute approximate surface area is 218 Å². The smallest absolute Gasteiger partial charge is 0.303 e. The maximum absolute atomic E-state index is 11.5. The molecule has 0 radical (unpaired) electrons. The van der Waals surface area contributed by atoms with Crippen molar-refractivity contribution in [2.75, 3.05) is 13.2 Å². The number of carbonyl (C=O) groups excluding carboxylic acids is 1. The number of esters is 1. The first-order valence-corrected chi connectivity index (χ1v) is 14.1. The van der Waals surface area contributed by atoms with E-state index in [1.807, 2.05) is 48.6 Å². The zero-order valence-corrected chi connectivity index (χ0v) is 22.5. The Morgan fingerprint density at radius 2 is 1.83 bits per heavy atom. The average Bonchev–Trinajstić information content (AvgIpc) is 2.88. The maximum Gasteiger partial charge on any atom is 0.303 e. The Hall–Kier alpha value is -1.95. The lowest BCUT2D eigenvalue weighted by atomic mass is 9.98. The summed E-state index contributed by atoms with van der Waals surface area (Å²) in [5.74, 6) is -0.246. The second-order valence-corrected chi connectivity index (χ2v) is 9.76. The highest BCUT2D eigenvalue weighted by Gasteiger charge is 2.14. The molecule has 1 fully saturated rings. The molecule has 2 rings (SSSR count). The van der Waals surface area contributed by atoms with Gasteiger partial charge in [-0.05, 0) is 68.6 Å². The number of benzene rings is 1. The summed E-state index contributed by atoms with van der Waals surface area (Å²) in [5, 5.41) is 10.8. The summed E-state index contributed by atoms with van der Waals surface area (Å²) < 4.78 is 16.9. The highest BCUT2D eigenvalue weighted by atomic mass is 16.7. The largest absolute Gasteiger partial charge is 0.458 e. The molecular formula is C31H48O5. The topological polar surface area (TPSA) is 65.0 Å². The highest BCUT2D eigenvalue weighted by molar-refractivity contribution is 5.66. The van der Waals surface area contributed by atoms with Gasteiger partial charge in [0.1, 0.15) is 6.10 Å². The van der Waals surface area contributed by atoms with Crippen molar-refractivity contribution in [3.8, 4) is 0 Å². The first-order valence-electron chi connectivity index (χ1n) is 14.1. The number of aliphatic hydroxyl groups is 1. The van der Waals surface area contributed by atoms with Crippen LogP contribution in [-0.2, 0) is 19.0 Å². The minimum absolute atomic E-state index is 0.0474. The van der Waals surface area contributed by atoms with E-state index < -0.39 is 6.10 Å². The van der Waals surface area contributed by atoms with Gasteiger partial charge in [-0.3, -0.25) is 4.79 Å². The lowest BCUT2D eigenvalue weighted by molar-refractivity contribution is -0.162. The molecule has 0 aromatic heterocycles. The van der Waals surface area contributed by atoms with Crippen LogP contribution >= 0.6 is 0 Å². The lowest BCUT2D eigenvalue weighted by Crippen LogP contribution is -2.22. The van der Waals surface area contributed by atoms with E-state index in [0.717, 1.165) is 56.3 Å². The number of carbonyl (C=O) groups is 1. The first kappa shape index (κ1) is 30.3. The second kappa shape index (κ2) is 19.2. The van der Waals surface area contributed by atoms with Crippen LogP contribution in [0.4, 0.5) is 0 Å². The number of hydrogen-bond acceptors (Lipinski definition) is 5. The fraction of sp³-hybridized carbons (Fsp3) is 0.645. The monoisotopic (exact) mass is 500 g/mol. The quantitative estimate of drug-likeness (QED) is 0.127. The van der Waals surface area contributed by atoms with Gasteiger partial charge in [-0.2, -0.15) is 0 Å². The van der Waals surface area contributed by atoms with E-state index in [1.54, 1.807) is 0 Å². The fourth-order valence-electron chi connectivity index (χ4n) is 4.50. The summed E-state index contributed by atoms with van der Waals surface area (Å²) >= 11 is 0. The molecule has 1 N–H and O–H groups in total. The molecule has 1 aliphatic rings. The van der Waals surface area contributed by atoms with Crippen LogP contribution in [0.1, 0.15) is 115 Å². The molecule has 3 atom stereocenters. The molecule has 0 saturated carbocycles. The van der Waals surface area contributed by atoms with Crippen molar-refractivity contribution in [3.05, 3.63) is 53.6 Å². The summed E-state index contributed by atoms with van der Waals surface area (Å²) in [6.07, 6.45) is 21.0. The summed E-state index contributed by atoms with van der Waals surface area (Å²) in [6.45, 7) is 5.16. The third-order valence-electron chi connectivity index (χ3n) is 6.54. The third-order valence-corrected chi connectivity index (χ3v) is 6.54. The molecular weight excluding hydrogens is 452 g/mol. The van der Waals surface area contributed by atoms with Crippen molar-refractivity contribution in [3.63, 3.8) is 0 Å². The molecule has 1 aliphatic heterocycles. The van der Waals surface area contributed by atoms with Gasteiger partial charge in [0.25, 0.3) is 0 Å². The van der Waals surface area contributed by atoms with Crippen LogP contribution in [0.5, 0.6) is 0 Å². The number of ether oxygens (including phenoxy) is 3. The number of aliphatic hydroxyl groups excluding tert-OH is 1. The fourth-order valence-corrected chi connectivity index (χ4v) is 4.50. The van der Waals surface area contributed by atoms with Gasteiger partial charge in [-0.15, -0.1) is 0 Å². The van der Waals surface area contributed by atoms with E-state index in [9.17, 15) is 9.90 Å². The molecule has 202 valence electrons. The van der Waals surface area contributed by atoms with Crippen molar-refractivity contribution in [1.29, 1.82) is 0 Å². The molecule has 5 heteroatoms. The summed E-state index contributed by atoms with van der Waals surface area (Å²) in [4.78, 5) is 11.5. The minimum atomic E-state index is -0.512. The summed E-state index contributed by atoms with van der Waals surface area (Å²) in [7, 11) is 0. The average molecular weight is 501 g/mol. The molecule has 0 amide bonds.